The van der Waals surface area contributed by atoms with Gasteiger partial charge in [0.15, 0.2) is 23.3 Å². The predicted molar refractivity (Wildman–Crippen MR) is 60.2 cm³/mol. The normalized spacial score (nSPS) is 14.4. The van der Waals surface area contributed by atoms with E-state index in [1.54, 1.807) is 13.8 Å². The van der Waals surface area contributed by atoms with Crippen LogP contribution in [-0.2, 0) is 0 Å². The van der Waals surface area contributed by atoms with Gasteiger partial charge in [0.2, 0.25) is 0 Å². The van der Waals surface area contributed by atoms with Crippen LogP contribution in [0.25, 0.3) is 0 Å². The Labute approximate surface area is 103 Å². The van der Waals surface area contributed by atoms with Gasteiger partial charge < -0.3 is 10.4 Å². The molecule has 1 atom stereocenters. The molecule has 6 heteroatoms. The molecular formula is C12H15F4NO. The zero-order chi connectivity index (χ0) is 13.9. The molecule has 2 N–H and O–H groups in total. The fraction of sp³-hybridized carbons (Fsp3) is 0.500. The Morgan fingerprint density at radius 3 is 2.06 bits per heavy atom. The van der Waals surface area contributed by atoms with Crippen molar-refractivity contribution in [3.05, 3.63) is 29.3 Å². The SMILES string of the molecule is CCC(C)(CO)CNc1c(F)c(F)cc(F)c1F. The third kappa shape index (κ3) is 2.93. The van der Waals surface area contributed by atoms with Crippen molar-refractivity contribution >= 4 is 5.69 Å². The molecule has 0 saturated carbocycles. The van der Waals surface area contributed by atoms with Crippen molar-refractivity contribution in [2.24, 2.45) is 5.41 Å². The first kappa shape index (κ1) is 14.8. The maximum absolute atomic E-state index is 13.3. The predicted octanol–water partition coefficient (Wildman–Crippen LogP) is 3.06. The van der Waals surface area contributed by atoms with Crippen LogP contribution in [-0.4, -0.2) is 18.3 Å². The molecular weight excluding hydrogens is 250 g/mol. The number of nitrogens with one attached hydrogen (secondary N) is 1. The van der Waals surface area contributed by atoms with Gasteiger partial charge in [0.25, 0.3) is 0 Å². The van der Waals surface area contributed by atoms with Crippen LogP contribution in [0.4, 0.5) is 23.2 Å². The van der Waals surface area contributed by atoms with E-state index >= 15 is 0 Å². The van der Waals surface area contributed by atoms with Gasteiger partial charge in [-0.15, -0.1) is 0 Å². The zero-order valence-electron chi connectivity index (χ0n) is 10.2. The van der Waals surface area contributed by atoms with Crippen LogP contribution in [0.1, 0.15) is 20.3 Å². The van der Waals surface area contributed by atoms with Crippen molar-refractivity contribution in [1.29, 1.82) is 0 Å². The highest BCUT2D eigenvalue weighted by molar-refractivity contribution is 5.47. The molecule has 1 rings (SSSR count). The minimum absolute atomic E-state index is 0.00324. The molecule has 1 unspecified atom stereocenters. The minimum atomic E-state index is -1.47. The summed E-state index contributed by atoms with van der Waals surface area (Å²) in [6.07, 6.45) is 0.539. The van der Waals surface area contributed by atoms with Gasteiger partial charge in [-0.1, -0.05) is 13.8 Å². The second kappa shape index (κ2) is 5.56. The Kier molecular flexibility index (Phi) is 4.56. The highest BCUT2D eigenvalue weighted by Gasteiger charge is 2.24. The number of anilines is 1. The molecule has 0 heterocycles. The van der Waals surface area contributed by atoms with E-state index in [4.69, 9.17) is 5.11 Å². The molecule has 18 heavy (non-hydrogen) atoms. The summed E-state index contributed by atoms with van der Waals surface area (Å²) < 4.78 is 52.5. The topological polar surface area (TPSA) is 32.3 Å². The van der Waals surface area contributed by atoms with Crippen molar-refractivity contribution in [2.75, 3.05) is 18.5 Å². The lowest BCUT2D eigenvalue weighted by atomic mass is 9.88. The fourth-order valence-electron chi connectivity index (χ4n) is 1.32. The van der Waals surface area contributed by atoms with E-state index in [9.17, 15) is 17.6 Å². The Bertz CT molecular complexity index is 406. The van der Waals surface area contributed by atoms with Crippen LogP contribution >= 0.6 is 0 Å². The maximum Gasteiger partial charge on any atom is 0.185 e. The Balaban J connectivity index is 2.98. The monoisotopic (exact) mass is 265 g/mol. The highest BCUT2D eigenvalue weighted by Crippen LogP contribution is 2.27. The van der Waals surface area contributed by atoms with Crippen molar-refractivity contribution < 1.29 is 22.7 Å². The average molecular weight is 265 g/mol. The molecule has 0 bridgehead atoms. The van der Waals surface area contributed by atoms with E-state index in [0.29, 0.717) is 6.42 Å². The molecule has 0 aliphatic rings. The van der Waals surface area contributed by atoms with E-state index in [1.165, 1.54) is 0 Å². The number of hydrogen-bond donors (Lipinski definition) is 2. The smallest absolute Gasteiger partial charge is 0.185 e. The lowest BCUT2D eigenvalue weighted by Crippen LogP contribution is -2.30. The minimum Gasteiger partial charge on any atom is -0.396 e. The first-order chi connectivity index (χ1) is 8.34. The van der Waals surface area contributed by atoms with Gasteiger partial charge in [0, 0.05) is 18.0 Å². The second-order valence-corrected chi connectivity index (χ2v) is 4.52. The summed E-state index contributed by atoms with van der Waals surface area (Å²) in [4.78, 5) is 0. The van der Waals surface area contributed by atoms with E-state index in [0.717, 1.165) is 0 Å². The summed E-state index contributed by atoms with van der Waals surface area (Å²) in [6, 6.07) is 0.154. The van der Waals surface area contributed by atoms with Crippen molar-refractivity contribution in [3.63, 3.8) is 0 Å². The molecule has 1 aromatic carbocycles. The van der Waals surface area contributed by atoms with Gasteiger partial charge in [-0.3, -0.25) is 0 Å². The third-order valence-electron chi connectivity index (χ3n) is 3.04. The summed E-state index contributed by atoms with van der Waals surface area (Å²) >= 11 is 0. The van der Waals surface area contributed by atoms with Gasteiger partial charge >= 0.3 is 0 Å². The molecule has 2 nitrogen and oxygen atoms in total. The molecule has 102 valence electrons. The van der Waals surface area contributed by atoms with E-state index in [2.05, 4.69) is 5.32 Å². The van der Waals surface area contributed by atoms with Crippen LogP contribution < -0.4 is 5.32 Å². The average Bonchev–Trinajstić information content (AvgIpc) is 2.36. The summed E-state index contributed by atoms with van der Waals surface area (Å²) in [6.45, 7) is 3.26. The van der Waals surface area contributed by atoms with E-state index < -0.39 is 34.4 Å². The summed E-state index contributed by atoms with van der Waals surface area (Å²) in [7, 11) is 0. The number of aliphatic hydroxyl groups excluding tert-OH is 1. The number of hydrogen-bond acceptors (Lipinski definition) is 2. The van der Waals surface area contributed by atoms with Gasteiger partial charge in [0.05, 0.1) is 6.61 Å². The van der Waals surface area contributed by atoms with Crippen LogP contribution in [0.5, 0.6) is 0 Å². The first-order valence-electron chi connectivity index (χ1n) is 5.52. The van der Waals surface area contributed by atoms with Crippen LogP contribution in [0, 0.1) is 28.7 Å². The highest BCUT2D eigenvalue weighted by atomic mass is 19.2. The molecule has 0 saturated heterocycles. The Morgan fingerprint density at radius 2 is 1.67 bits per heavy atom. The van der Waals surface area contributed by atoms with Gasteiger partial charge in [-0.25, -0.2) is 17.6 Å². The number of benzene rings is 1. The molecule has 0 aliphatic heterocycles. The number of rotatable bonds is 5. The second-order valence-electron chi connectivity index (χ2n) is 4.52. The molecule has 0 aliphatic carbocycles. The molecule has 0 aromatic heterocycles. The first-order valence-corrected chi connectivity index (χ1v) is 5.52. The standard InChI is InChI=1S/C12H15F4NO/c1-3-12(2,6-18)5-17-11-9(15)7(13)4-8(14)10(11)16/h4,17-18H,3,5-6H2,1-2H3. The van der Waals surface area contributed by atoms with Gasteiger partial charge in [-0.05, 0) is 6.42 Å². The lowest BCUT2D eigenvalue weighted by Gasteiger charge is -2.26. The molecule has 0 radical (unpaired) electrons. The number of halogens is 4. The molecule has 1 aromatic rings. The van der Waals surface area contributed by atoms with Crippen molar-refractivity contribution in [2.45, 2.75) is 20.3 Å². The largest absolute Gasteiger partial charge is 0.396 e. The molecule has 0 spiro atoms. The van der Waals surface area contributed by atoms with Crippen LogP contribution in [0.2, 0.25) is 0 Å². The van der Waals surface area contributed by atoms with Crippen LogP contribution in [0.3, 0.4) is 0 Å². The third-order valence-corrected chi connectivity index (χ3v) is 3.04. The van der Waals surface area contributed by atoms with Gasteiger partial charge in [0.1, 0.15) is 5.69 Å². The Hall–Kier alpha value is -1.30. The lowest BCUT2D eigenvalue weighted by molar-refractivity contribution is 0.149. The molecule has 0 amide bonds. The summed E-state index contributed by atoms with van der Waals surface area (Å²) in [5.41, 5.74) is -1.47. The summed E-state index contributed by atoms with van der Waals surface area (Å²) in [5.74, 6) is -5.85. The van der Waals surface area contributed by atoms with Crippen LogP contribution in [0.15, 0.2) is 6.07 Å². The zero-order valence-corrected chi connectivity index (χ0v) is 10.2. The van der Waals surface area contributed by atoms with Crippen molar-refractivity contribution in [1.82, 2.24) is 0 Å². The maximum atomic E-state index is 13.3. The van der Waals surface area contributed by atoms with Gasteiger partial charge in [-0.2, -0.15) is 0 Å². The quantitative estimate of drug-likeness (QED) is 0.633. The fourth-order valence-corrected chi connectivity index (χ4v) is 1.32. The van der Waals surface area contributed by atoms with Crippen molar-refractivity contribution in [3.8, 4) is 0 Å². The summed E-state index contributed by atoms with van der Waals surface area (Å²) in [5, 5.41) is 11.5. The van der Waals surface area contributed by atoms with E-state index in [-0.39, 0.29) is 19.2 Å². The molecule has 0 fully saturated rings. The number of aliphatic hydroxyl groups is 1. The Morgan fingerprint density at radius 1 is 1.17 bits per heavy atom. The van der Waals surface area contributed by atoms with E-state index in [1.807, 2.05) is 0 Å².